The van der Waals surface area contributed by atoms with E-state index in [1.54, 1.807) is 31.2 Å². The van der Waals surface area contributed by atoms with Crippen LogP contribution < -0.4 is 10.6 Å². The van der Waals surface area contributed by atoms with Gasteiger partial charge in [-0.2, -0.15) is 0 Å². The van der Waals surface area contributed by atoms with Crippen molar-refractivity contribution in [2.45, 2.75) is 103 Å². The molecule has 1 fully saturated rings. The topological polar surface area (TPSA) is 155 Å². The maximum absolute atomic E-state index is 13.8. The van der Waals surface area contributed by atoms with Gasteiger partial charge in [0.1, 0.15) is 0 Å². The molecule has 2 atom stereocenters. The maximum Gasteiger partial charge on any atom is 0.306 e. The van der Waals surface area contributed by atoms with Crippen LogP contribution in [-0.2, 0) is 44.7 Å². The number of nitrogens with zero attached hydrogens (tertiary/aromatic N) is 5. The van der Waals surface area contributed by atoms with Gasteiger partial charge in [-0.15, -0.1) is 0 Å². The van der Waals surface area contributed by atoms with Gasteiger partial charge in [0.15, 0.2) is 11.6 Å². The Hall–Kier alpha value is -4.23. The van der Waals surface area contributed by atoms with Gasteiger partial charge >= 0.3 is 5.97 Å². The number of carboxylic acid groups (broad SMARTS) is 1. The van der Waals surface area contributed by atoms with Gasteiger partial charge in [-0.25, -0.2) is 9.97 Å². The highest BCUT2D eigenvalue weighted by molar-refractivity contribution is 6.40. The lowest BCUT2D eigenvalue weighted by atomic mass is 9.79. The highest BCUT2D eigenvalue weighted by atomic mass is 35.5. The summed E-state index contributed by atoms with van der Waals surface area (Å²) >= 11 is 13.9. The minimum Gasteiger partial charge on any atom is -0.481 e. The van der Waals surface area contributed by atoms with E-state index in [2.05, 4.69) is 20.5 Å². The molecule has 0 radical (unpaired) electrons. The zero-order valence-electron chi connectivity index (χ0n) is 33.7. The number of hydrogen-bond acceptors (Lipinski definition) is 7. The molecule has 4 N–H and O–H groups in total. The number of nitrogens with one attached hydrogen (secondary N) is 2. The summed E-state index contributed by atoms with van der Waals surface area (Å²) in [5.41, 5.74) is 5.93. The van der Waals surface area contributed by atoms with Gasteiger partial charge < -0.3 is 30.0 Å². The first-order valence-electron chi connectivity index (χ1n) is 20.8. The van der Waals surface area contributed by atoms with E-state index in [9.17, 15) is 24.6 Å². The number of β-amino-alcohol motifs (C(OH)–C–C–N with tert-alkyl or cyclic N) is 1. The zero-order valence-corrected chi connectivity index (χ0v) is 35.2. The van der Waals surface area contributed by atoms with E-state index in [0.717, 1.165) is 93.5 Å². The van der Waals surface area contributed by atoms with Crippen LogP contribution in [0.1, 0.15) is 115 Å². The lowest BCUT2D eigenvalue weighted by Gasteiger charge is -2.27. The third kappa shape index (κ3) is 9.30. The first kappa shape index (κ1) is 41.9. The van der Waals surface area contributed by atoms with E-state index < -0.39 is 18.0 Å². The van der Waals surface area contributed by atoms with Crippen LogP contribution in [0.15, 0.2) is 36.4 Å². The Labute approximate surface area is 350 Å². The second kappa shape index (κ2) is 18.4. The summed E-state index contributed by atoms with van der Waals surface area (Å²) in [6, 6.07) is 10.7. The third-order valence-corrected chi connectivity index (χ3v) is 13.4. The number of fused-ring (bicyclic) bond motifs is 2. The van der Waals surface area contributed by atoms with Crippen molar-refractivity contribution >= 4 is 52.4 Å². The molecule has 0 spiro atoms. The van der Waals surface area contributed by atoms with Crippen molar-refractivity contribution in [1.29, 1.82) is 0 Å². The molecule has 1 aliphatic heterocycles. The summed E-state index contributed by atoms with van der Waals surface area (Å²) in [6.07, 6.45) is 12.4. The number of carbonyl (C=O) groups is 3. The van der Waals surface area contributed by atoms with Crippen LogP contribution in [0.3, 0.4) is 0 Å². The second-order valence-corrected chi connectivity index (χ2v) is 17.4. The van der Waals surface area contributed by atoms with E-state index in [1.165, 1.54) is 19.3 Å². The third-order valence-electron chi connectivity index (χ3n) is 12.6. The summed E-state index contributed by atoms with van der Waals surface area (Å²) in [4.78, 5) is 50.3. The number of carboxylic acids is 1. The fraction of sp³-hybridized carbons (Fsp3) is 0.523. The summed E-state index contributed by atoms with van der Waals surface area (Å²) < 4.78 is 3.75. The number of halogens is 2. The number of anilines is 2. The van der Waals surface area contributed by atoms with Crippen molar-refractivity contribution in [3.05, 3.63) is 80.9 Å². The van der Waals surface area contributed by atoms with Crippen molar-refractivity contribution in [3.63, 3.8) is 0 Å². The standard InChI is InChI=1S/C44H55Cl2N7O5/c1-26(54)24-53-23-22-37-35(25-53)48-41(52(37)3)43(56)50-34-15-7-12-31(39(34)46)30-11-6-14-33(38(30)45)49-42(55)40-47-32-13-5-10-27(18-21-36(32)51(40)2)8-4-9-28-16-19-29(20-17-28)44(57)58/h6-7,11-12,14-15,26-29,54H,4-5,8-10,13,16-25H2,1-3H3,(H,49,55)(H,50,56)(H,57,58)/t26-,27?,28?,29?/m0/s1. The molecule has 12 nitrogen and oxygen atoms in total. The Balaban J connectivity index is 0.987. The average molecular weight is 833 g/mol. The number of amides is 2. The molecule has 2 aliphatic carbocycles. The average Bonchev–Trinajstić information content (AvgIpc) is 3.68. The molecule has 2 aromatic carbocycles. The van der Waals surface area contributed by atoms with Gasteiger partial charge in [-0.1, -0.05) is 73.2 Å². The van der Waals surface area contributed by atoms with E-state index >= 15 is 0 Å². The lowest BCUT2D eigenvalue weighted by Crippen LogP contribution is -2.36. The summed E-state index contributed by atoms with van der Waals surface area (Å²) in [6.45, 7) is 3.65. The van der Waals surface area contributed by atoms with Crippen LogP contribution >= 0.6 is 23.2 Å². The molecule has 3 heterocycles. The van der Waals surface area contributed by atoms with Gasteiger partial charge in [0.2, 0.25) is 0 Å². The first-order chi connectivity index (χ1) is 27.9. The van der Waals surface area contributed by atoms with E-state index in [-0.39, 0.29) is 17.6 Å². The van der Waals surface area contributed by atoms with Gasteiger partial charge in [0.05, 0.1) is 44.8 Å². The van der Waals surface area contributed by atoms with E-state index in [0.29, 0.717) is 63.3 Å². The molecule has 1 saturated carbocycles. The highest BCUT2D eigenvalue weighted by Crippen LogP contribution is 2.41. The van der Waals surface area contributed by atoms with Crippen LogP contribution in [-0.4, -0.2) is 71.2 Å². The normalized spacial score (nSPS) is 20.3. The van der Waals surface area contributed by atoms with Crippen LogP contribution in [0.5, 0.6) is 0 Å². The molecule has 2 aromatic heterocycles. The smallest absolute Gasteiger partial charge is 0.306 e. The monoisotopic (exact) mass is 831 g/mol. The van der Waals surface area contributed by atoms with E-state index in [4.69, 9.17) is 28.2 Å². The number of imidazole rings is 2. The molecule has 0 saturated heterocycles. The van der Waals surface area contributed by atoms with Gasteiger partial charge in [-0.3, -0.25) is 19.3 Å². The summed E-state index contributed by atoms with van der Waals surface area (Å²) in [5.74, 6) is 0.365. The molecule has 2 amide bonds. The van der Waals surface area contributed by atoms with Gasteiger partial charge in [0.25, 0.3) is 11.8 Å². The van der Waals surface area contributed by atoms with Crippen LogP contribution in [0, 0.1) is 17.8 Å². The molecular formula is C44H55Cl2N7O5. The number of aryl methyl sites for hydroxylation is 1. The Kier molecular flexibility index (Phi) is 13.3. The summed E-state index contributed by atoms with van der Waals surface area (Å²) in [7, 11) is 3.75. The Morgan fingerprint density at radius 3 is 1.90 bits per heavy atom. The van der Waals surface area contributed by atoms with E-state index in [1.807, 2.05) is 35.4 Å². The van der Waals surface area contributed by atoms with Gasteiger partial charge in [-0.05, 0) is 82.3 Å². The number of carbonyl (C=O) groups excluding carboxylic acids is 2. The fourth-order valence-electron chi connectivity index (χ4n) is 9.37. The number of aromatic nitrogens is 4. The maximum atomic E-state index is 13.8. The number of benzene rings is 2. The zero-order chi connectivity index (χ0) is 41.1. The minimum atomic E-state index is -0.642. The van der Waals surface area contributed by atoms with Crippen molar-refractivity contribution in [3.8, 4) is 11.1 Å². The number of aliphatic hydroxyl groups is 1. The fourth-order valence-corrected chi connectivity index (χ4v) is 9.92. The number of rotatable bonds is 12. The molecule has 3 aliphatic rings. The first-order valence-corrected chi connectivity index (χ1v) is 21.6. The van der Waals surface area contributed by atoms with Crippen molar-refractivity contribution in [1.82, 2.24) is 24.0 Å². The molecule has 4 aromatic rings. The Morgan fingerprint density at radius 2 is 1.33 bits per heavy atom. The number of aliphatic carboxylic acids is 1. The largest absolute Gasteiger partial charge is 0.481 e. The number of aliphatic hydroxyl groups excluding tert-OH is 1. The predicted octanol–water partition coefficient (Wildman–Crippen LogP) is 8.32. The van der Waals surface area contributed by atoms with Crippen LogP contribution in [0.25, 0.3) is 11.1 Å². The molecule has 310 valence electrons. The number of hydrogen-bond donors (Lipinski definition) is 4. The minimum absolute atomic E-state index is 0.158. The highest BCUT2D eigenvalue weighted by Gasteiger charge is 2.29. The predicted molar refractivity (Wildman–Crippen MR) is 227 cm³/mol. The molecule has 1 unspecified atom stereocenters. The molecular weight excluding hydrogens is 777 g/mol. The Bertz CT molecular complexity index is 2160. The van der Waals surface area contributed by atoms with Crippen molar-refractivity contribution in [2.24, 2.45) is 31.8 Å². The SMILES string of the molecule is C[C@H](O)CN1CCc2c(nc(C(=O)Nc3cccc(-c4cccc(NC(=O)c5nc6c(n5C)CCC(CCCC5CCC(C(=O)O)CC5)CCC6)c4Cl)c3Cl)n2C)C1. The molecule has 7 rings (SSSR count). The lowest BCUT2D eigenvalue weighted by molar-refractivity contribution is -0.143. The van der Waals surface area contributed by atoms with Crippen LogP contribution in [0.2, 0.25) is 10.0 Å². The molecule has 0 bridgehead atoms. The second-order valence-electron chi connectivity index (χ2n) is 16.6. The quantitative estimate of drug-likeness (QED) is 0.111. The van der Waals surface area contributed by atoms with Crippen LogP contribution in [0.4, 0.5) is 11.4 Å². The summed E-state index contributed by atoms with van der Waals surface area (Å²) in [5, 5.41) is 25.7. The van der Waals surface area contributed by atoms with Gasteiger partial charge in [0, 0.05) is 62.7 Å². The van der Waals surface area contributed by atoms with Crippen molar-refractivity contribution in [2.75, 3.05) is 23.7 Å². The molecule has 58 heavy (non-hydrogen) atoms. The Morgan fingerprint density at radius 1 is 0.776 bits per heavy atom. The van der Waals surface area contributed by atoms with Crippen molar-refractivity contribution < 1.29 is 24.6 Å². The molecule has 14 heteroatoms.